The number of thiocarbonyl (C=S) groups is 1. The molecule has 26 heavy (non-hydrogen) atoms. The number of aromatic hydroxyl groups is 1. The molecule has 2 rings (SSSR count). The van der Waals surface area contributed by atoms with Gasteiger partial charge in [0.1, 0.15) is 11.3 Å². The second-order valence-electron chi connectivity index (χ2n) is 4.73. The first-order valence-corrected chi connectivity index (χ1v) is 7.46. The van der Waals surface area contributed by atoms with Crippen molar-refractivity contribution in [3.8, 4) is 11.5 Å². The number of methoxy groups -OCH3 is 1. The molecule has 0 unspecified atom stereocenters. The van der Waals surface area contributed by atoms with Crippen LogP contribution in [-0.2, 0) is 0 Å². The van der Waals surface area contributed by atoms with Gasteiger partial charge in [0, 0.05) is 5.02 Å². The minimum atomic E-state index is -1.95. The van der Waals surface area contributed by atoms with Crippen LogP contribution in [0.1, 0.15) is 10.4 Å². The molecular formula is C15H9ClF4N2O3S. The van der Waals surface area contributed by atoms with Crippen molar-refractivity contribution in [3.63, 3.8) is 0 Å². The van der Waals surface area contributed by atoms with Gasteiger partial charge >= 0.3 is 0 Å². The summed E-state index contributed by atoms with van der Waals surface area (Å²) >= 11 is 10.5. The number of carbonyl (C=O) groups is 1. The van der Waals surface area contributed by atoms with Crippen LogP contribution in [0.2, 0.25) is 5.02 Å². The number of rotatable bonds is 3. The lowest BCUT2D eigenvalue weighted by Crippen LogP contribution is -2.35. The standard InChI is InChI=1S/C15H9ClF4N2O3S/c1-25-13-11(19)9(17)8(10(18)12(13)20)14(24)22-15(26)21-6-4-5(16)2-3-7(6)23/h2-4,23H,1H3,(H2,21,22,24,26). The Balaban J connectivity index is 2.28. The molecule has 2 aromatic carbocycles. The highest BCUT2D eigenvalue weighted by molar-refractivity contribution is 7.80. The third-order valence-corrected chi connectivity index (χ3v) is 3.53. The van der Waals surface area contributed by atoms with E-state index in [0.29, 0.717) is 0 Å². The van der Waals surface area contributed by atoms with Gasteiger partial charge in [-0.2, -0.15) is 8.78 Å². The molecule has 0 saturated heterocycles. The van der Waals surface area contributed by atoms with Crippen molar-refractivity contribution < 1.29 is 32.2 Å². The van der Waals surface area contributed by atoms with Gasteiger partial charge in [-0.1, -0.05) is 11.6 Å². The molecule has 0 spiro atoms. The highest BCUT2D eigenvalue weighted by atomic mass is 35.5. The first-order chi connectivity index (χ1) is 12.2. The molecule has 0 fully saturated rings. The maximum absolute atomic E-state index is 13.9. The third-order valence-electron chi connectivity index (χ3n) is 3.09. The molecule has 1 amide bonds. The smallest absolute Gasteiger partial charge is 0.263 e. The van der Waals surface area contributed by atoms with Crippen molar-refractivity contribution in [2.24, 2.45) is 0 Å². The lowest BCUT2D eigenvalue weighted by atomic mass is 10.1. The zero-order valence-electron chi connectivity index (χ0n) is 12.8. The van der Waals surface area contributed by atoms with Gasteiger partial charge in [-0.25, -0.2) is 8.78 Å². The van der Waals surface area contributed by atoms with E-state index in [-0.39, 0.29) is 16.5 Å². The zero-order valence-corrected chi connectivity index (χ0v) is 14.4. The van der Waals surface area contributed by atoms with E-state index < -0.39 is 45.6 Å². The van der Waals surface area contributed by atoms with Gasteiger partial charge in [-0.3, -0.25) is 10.1 Å². The predicted molar refractivity (Wildman–Crippen MR) is 89.6 cm³/mol. The molecule has 5 nitrogen and oxygen atoms in total. The number of phenolic OH excluding ortho intramolecular Hbond substituents is 1. The number of nitrogens with one attached hydrogen (secondary N) is 2. The van der Waals surface area contributed by atoms with E-state index >= 15 is 0 Å². The molecule has 0 bridgehead atoms. The number of hydrogen-bond acceptors (Lipinski definition) is 4. The monoisotopic (exact) mass is 408 g/mol. The molecule has 138 valence electrons. The van der Waals surface area contributed by atoms with Gasteiger partial charge in [0.15, 0.2) is 22.5 Å². The number of anilines is 1. The number of hydrogen-bond donors (Lipinski definition) is 3. The molecule has 0 heterocycles. The van der Waals surface area contributed by atoms with Crippen molar-refractivity contribution in [1.29, 1.82) is 0 Å². The van der Waals surface area contributed by atoms with Gasteiger partial charge in [0.05, 0.1) is 12.8 Å². The Morgan fingerprint density at radius 1 is 1.15 bits per heavy atom. The predicted octanol–water partition coefficient (Wildman–Crippen LogP) is 3.74. The SMILES string of the molecule is COc1c(F)c(F)c(C(=O)NC(=S)Nc2cc(Cl)ccc2O)c(F)c1F. The van der Waals surface area contributed by atoms with Crippen LogP contribution < -0.4 is 15.4 Å². The van der Waals surface area contributed by atoms with Gasteiger partial charge in [0.25, 0.3) is 5.91 Å². The fourth-order valence-electron chi connectivity index (χ4n) is 1.92. The van der Waals surface area contributed by atoms with Crippen LogP contribution in [0.3, 0.4) is 0 Å². The Labute approximate surface area is 154 Å². The maximum Gasteiger partial charge on any atom is 0.263 e. The van der Waals surface area contributed by atoms with E-state index in [0.717, 1.165) is 7.11 Å². The Morgan fingerprint density at radius 2 is 1.73 bits per heavy atom. The summed E-state index contributed by atoms with van der Waals surface area (Å²) in [6.45, 7) is 0. The van der Waals surface area contributed by atoms with Crippen LogP contribution >= 0.6 is 23.8 Å². The Kier molecular flexibility index (Phi) is 5.88. The third kappa shape index (κ3) is 3.81. The maximum atomic E-state index is 13.9. The highest BCUT2D eigenvalue weighted by Crippen LogP contribution is 2.30. The lowest BCUT2D eigenvalue weighted by Gasteiger charge is -2.13. The Bertz CT molecular complexity index is 882. The number of amides is 1. The molecule has 0 aromatic heterocycles. The molecule has 0 aliphatic rings. The second-order valence-corrected chi connectivity index (χ2v) is 5.58. The van der Waals surface area contributed by atoms with Crippen LogP contribution in [-0.4, -0.2) is 23.2 Å². The van der Waals surface area contributed by atoms with E-state index in [1.807, 2.05) is 5.32 Å². The number of halogens is 5. The van der Waals surface area contributed by atoms with E-state index in [1.165, 1.54) is 18.2 Å². The largest absolute Gasteiger partial charge is 0.506 e. The van der Waals surface area contributed by atoms with Crippen molar-refractivity contribution in [1.82, 2.24) is 5.32 Å². The fourth-order valence-corrected chi connectivity index (χ4v) is 2.29. The van der Waals surface area contributed by atoms with Crippen molar-refractivity contribution in [3.05, 3.63) is 52.1 Å². The van der Waals surface area contributed by atoms with Crippen molar-refractivity contribution in [2.75, 3.05) is 12.4 Å². The molecule has 0 radical (unpaired) electrons. The zero-order chi connectivity index (χ0) is 19.6. The summed E-state index contributed by atoms with van der Waals surface area (Å²) in [4.78, 5) is 12.0. The fraction of sp³-hybridized carbons (Fsp3) is 0.0667. The average molecular weight is 409 g/mol. The second kappa shape index (κ2) is 7.75. The van der Waals surface area contributed by atoms with Crippen molar-refractivity contribution in [2.45, 2.75) is 0 Å². The minimum Gasteiger partial charge on any atom is -0.506 e. The Morgan fingerprint density at radius 3 is 2.27 bits per heavy atom. The van der Waals surface area contributed by atoms with Crippen LogP contribution in [0.4, 0.5) is 23.2 Å². The lowest BCUT2D eigenvalue weighted by molar-refractivity contribution is 0.0966. The van der Waals surface area contributed by atoms with Crippen LogP contribution in [0.25, 0.3) is 0 Å². The molecule has 3 N–H and O–H groups in total. The first kappa shape index (κ1) is 19.7. The van der Waals surface area contributed by atoms with Crippen LogP contribution in [0, 0.1) is 23.3 Å². The topological polar surface area (TPSA) is 70.6 Å². The number of carbonyl (C=O) groups excluding carboxylic acids is 1. The van der Waals surface area contributed by atoms with E-state index in [2.05, 4.69) is 10.1 Å². The van der Waals surface area contributed by atoms with Gasteiger partial charge in [-0.05, 0) is 30.4 Å². The van der Waals surface area contributed by atoms with E-state index in [4.69, 9.17) is 23.8 Å². The van der Waals surface area contributed by atoms with E-state index in [9.17, 15) is 27.5 Å². The van der Waals surface area contributed by atoms with Gasteiger partial charge < -0.3 is 15.2 Å². The molecular weight excluding hydrogens is 400 g/mol. The molecule has 0 aliphatic heterocycles. The summed E-state index contributed by atoms with van der Waals surface area (Å²) in [7, 11) is 0.802. The average Bonchev–Trinajstić information content (AvgIpc) is 2.57. The summed E-state index contributed by atoms with van der Waals surface area (Å²) in [6.07, 6.45) is 0. The molecule has 2 aromatic rings. The summed E-state index contributed by atoms with van der Waals surface area (Å²) < 4.78 is 59.3. The Hall–Kier alpha value is -2.59. The molecule has 0 aliphatic carbocycles. The summed E-state index contributed by atoms with van der Waals surface area (Å²) in [5, 5.41) is 13.5. The number of ether oxygens (including phenoxy) is 1. The summed E-state index contributed by atoms with van der Waals surface area (Å²) in [6, 6.07) is 3.85. The number of benzene rings is 2. The van der Waals surface area contributed by atoms with Crippen molar-refractivity contribution >= 4 is 40.5 Å². The van der Waals surface area contributed by atoms with E-state index in [1.54, 1.807) is 0 Å². The number of phenols is 1. The van der Waals surface area contributed by atoms with Gasteiger partial charge in [-0.15, -0.1) is 0 Å². The summed E-state index contributed by atoms with van der Waals surface area (Å²) in [5.74, 6) is -10.8. The van der Waals surface area contributed by atoms with Crippen LogP contribution in [0.15, 0.2) is 18.2 Å². The van der Waals surface area contributed by atoms with Crippen LogP contribution in [0.5, 0.6) is 11.5 Å². The molecule has 0 saturated carbocycles. The molecule has 11 heteroatoms. The normalized spacial score (nSPS) is 10.4. The minimum absolute atomic E-state index is 0.0177. The quantitative estimate of drug-likeness (QED) is 0.312. The summed E-state index contributed by atoms with van der Waals surface area (Å²) in [5.41, 5.74) is -1.55. The first-order valence-electron chi connectivity index (χ1n) is 6.68. The van der Waals surface area contributed by atoms with Gasteiger partial charge in [0.2, 0.25) is 11.6 Å². The molecule has 0 atom stereocenters. The highest BCUT2D eigenvalue weighted by Gasteiger charge is 2.30.